The molecule has 27 heavy (non-hydrogen) atoms. The van der Waals surface area contributed by atoms with E-state index in [2.05, 4.69) is 43.5 Å². The standard InChI is InChI=1S/C19H27ClN6O/c1-4-6-9-27-14-8-7-13(10-14)26-15(5-2)18-24-23-12(3)25(18)16-11-21-19(20)22-17(16)26/h11,13-15H,4-10H2,1-3H3/t13?,14?,15-/m1/s1. The number of unbranched alkanes of at least 4 members (excludes halogenated alkanes) is 1. The van der Waals surface area contributed by atoms with Gasteiger partial charge in [0.25, 0.3) is 0 Å². The van der Waals surface area contributed by atoms with Crippen LogP contribution in [-0.2, 0) is 4.74 Å². The molecule has 3 atom stereocenters. The van der Waals surface area contributed by atoms with Crippen LogP contribution in [-0.4, -0.2) is 43.5 Å². The van der Waals surface area contributed by atoms with Gasteiger partial charge < -0.3 is 9.64 Å². The van der Waals surface area contributed by atoms with E-state index in [-0.39, 0.29) is 11.3 Å². The first-order chi connectivity index (χ1) is 13.1. The third-order valence-electron chi connectivity index (χ3n) is 5.68. The van der Waals surface area contributed by atoms with Crippen LogP contribution in [0.15, 0.2) is 6.20 Å². The van der Waals surface area contributed by atoms with E-state index >= 15 is 0 Å². The van der Waals surface area contributed by atoms with Gasteiger partial charge in [-0.05, 0) is 50.6 Å². The minimum Gasteiger partial charge on any atom is -0.378 e. The van der Waals surface area contributed by atoms with Crippen molar-refractivity contribution in [3.63, 3.8) is 0 Å². The zero-order chi connectivity index (χ0) is 19.0. The monoisotopic (exact) mass is 390 g/mol. The first-order valence-electron chi connectivity index (χ1n) is 9.98. The molecule has 2 unspecified atom stereocenters. The Morgan fingerprint density at radius 1 is 1.26 bits per heavy atom. The van der Waals surface area contributed by atoms with E-state index in [9.17, 15) is 0 Å². The summed E-state index contributed by atoms with van der Waals surface area (Å²) in [5.41, 5.74) is 0.914. The minimum atomic E-state index is 0.129. The quantitative estimate of drug-likeness (QED) is 0.548. The molecule has 0 N–H and O–H groups in total. The molecule has 0 radical (unpaired) electrons. The van der Waals surface area contributed by atoms with Crippen LogP contribution >= 0.6 is 11.6 Å². The average Bonchev–Trinajstić information content (AvgIpc) is 3.28. The molecule has 1 saturated carbocycles. The van der Waals surface area contributed by atoms with E-state index in [1.807, 2.05) is 6.92 Å². The summed E-state index contributed by atoms with van der Waals surface area (Å²) in [4.78, 5) is 11.2. The smallest absolute Gasteiger partial charge is 0.224 e. The SMILES string of the molecule is CCCCOC1CCC(N2c3nc(Cl)ncc3-n3c(C)nnc3[C@H]2CC)C1. The molecule has 4 rings (SSSR count). The molecule has 2 aromatic rings. The third-order valence-corrected chi connectivity index (χ3v) is 5.86. The minimum absolute atomic E-state index is 0.129. The van der Waals surface area contributed by atoms with E-state index < -0.39 is 0 Å². The van der Waals surface area contributed by atoms with Crippen molar-refractivity contribution in [2.45, 2.75) is 77.5 Å². The van der Waals surface area contributed by atoms with Crippen molar-refractivity contribution in [3.8, 4) is 5.69 Å². The molecule has 1 aliphatic heterocycles. The summed E-state index contributed by atoms with van der Waals surface area (Å²) in [6, 6.07) is 0.487. The Balaban J connectivity index is 1.67. The van der Waals surface area contributed by atoms with Crippen LogP contribution in [0.4, 0.5) is 5.82 Å². The predicted molar refractivity (Wildman–Crippen MR) is 104 cm³/mol. The van der Waals surface area contributed by atoms with Gasteiger partial charge in [0.1, 0.15) is 11.5 Å². The fraction of sp³-hybridized carbons (Fsp3) is 0.684. The second-order valence-electron chi connectivity index (χ2n) is 7.43. The summed E-state index contributed by atoms with van der Waals surface area (Å²) in [5, 5.41) is 9.07. The first-order valence-corrected chi connectivity index (χ1v) is 10.4. The van der Waals surface area contributed by atoms with E-state index in [1.54, 1.807) is 6.20 Å². The number of aryl methyl sites for hydroxylation is 1. The zero-order valence-corrected chi connectivity index (χ0v) is 17.0. The third kappa shape index (κ3) is 3.31. The molecule has 0 bridgehead atoms. The molecule has 8 heteroatoms. The molecular formula is C19H27ClN6O. The molecule has 7 nitrogen and oxygen atoms in total. The lowest BCUT2D eigenvalue weighted by molar-refractivity contribution is 0.0552. The van der Waals surface area contributed by atoms with Gasteiger partial charge in [0.2, 0.25) is 5.28 Å². The van der Waals surface area contributed by atoms with Gasteiger partial charge >= 0.3 is 0 Å². The van der Waals surface area contributed by atoms with Crippen LogP contribution in [0.1, 0.15) is 70.1 Å². The summed E-state index contributed by atoms with van der Waals surface area (Å²) >= 11 is 6.18. The molecule has 0 amide bonds. The van der Waals surface area contributed by atoms with Crippen molar-refractivity contribution in [1.82, 2.24) is 24.7 Å². The average molecular weight is 391 g/mol. The molecule has 2 aliphatic rings. The fourth-order valence-corrected chi connectivity index (χ4v) is 4.51. The van der Waals surface area contributed by atoms with Crippen molar-refractivity contribution in [2.75, 3.05) is 11.5 Å². The Labute approximate surface area is 165 Å². The summed E-state index contributed by atoms with van der Waals surface area (Å²) in [6.45, 7) is 7.19. The molecule has 2 aromatic heterocycles. The van der Waals surface area contributed by atoms with Crippen molar-refractivity contribution in [3.05, 3.63) is 23.1 Å². The van der Waals surface area contributed by atoms with Crippen LogP contribution in [0.2, 0.25) is 5.28 Å². The van der Waals surface area contributed by atoms with E-state index in [1.165, 1.54) is 0 Å². The maximum Gasteiger partial charge on any atom is 0.224 e. The normalized spacial score (nSPS) is 24.1. The Morgan fingerprint density at radius 2 is 2.11 bits per heavy atom. The van der Waals surface area contributed by atoms with Crippen molar-refractivity contribution >= 4 is 17.4 Å². The number of nitrogens with zero attached hydrogens (tertiary/aromatic N) is 6. The molecule has 146 valence electrons. The highest BCUT2D eigenvalue weighted by Gasteiger charge is 2.41. The lowest BCUT2D eigenvalue weighted by Gasteiger charge is -2.41. The summed E-state index contributed by atoms with van der Waals surface area (Å²) in [6.07, 6.45) is 8.50. The van der Waals surface area contributed by atoms with Gasteiger partial charge in [0, 0.05) is 12.6 Å². The largest absolute Gasteiger partial charge is 0.378 e. The summed E-state index contributed by atoms with van der Waals surface area (Å²) < 4.78 is 8.17. The summed E-state index contributed by atoms with van der Waals surface area (Å²) in [5.74, 6) is 2.70. The molecule has 0 spiro atoms. The molecule has 0 saturated heterocycles. The molecule has 1 fully saturated rings. The lowest BCUT2D eigenvalue weighted by atomic mass is 10.0. The van der Waals surface area contributed by atoms with Gasteiger partial charge in [-0.1, -0.05) is 20.3 Å². The van der Waals surface area contributed by atoms with Crippen molar-refractivity contribution < 1.29 is 4.74 Å². The second-order valence-corrected chi connectivity index (χ2v) is 7.77. The topological polar surface area (TPSA) is 69.0 Å². The molecule has 0 aromatic carbocycles. The maximum atomic E-state index is 6.18. The second kappa shape index (κ2) is 7.72. The number of ether oxygens (including phenoxy) is 1. The number of hydrogen-bond donors (Lipinski definition) is 0. The van der Waals surface area contributed by atoms with Crippen molar-refractivity contribution in [2.24, 2.45) is 0 Å². The maximum absolute atomic E-state index is 6.18. The van der Waals surface area contributed by atoms with Crippen LogP contribution in [0.25, 0.3) is 5.69 Å². The highest BCUT2D eigenvalue weighted by molar-refractivity contribution is 6.28. The first kappa shape index (κ1) is 18.6. The number of anilines is 1. The van der Waals surface area contributed by atoms with Crippen molar-refractivity contribution in [1.29, 1.82) is 0 Å². The van der Waals surface area contributed by atoms with Gasteiger partial charge in [-0.3, -0.25) is 4.57 Å². The fourth-order valence-electron chi connectivity index (χ4n) is 4.38. The Kier molecular flexibility index (Phi) is 5.32. The van der Waals surface area contributed by atoms with Gasteiger partial charge in [-0.2, -0.15) is 4.98 Å². The number of aromatic nitrogens is 5. The van der Waals surface area contributed by atoms with Gasteiger partial charge in [-0.25, -0.2) is 4.98 Å². The van der Waals surface area contributed by atoms with E-state index in [0.29, 0.717) is 12.1 Å². The molecular weight excluding hydrogens is 364 g/mol. The number of halogens is 1. The van der Waals surface area contributed by atoms with Crippen LogP contribution in [0.5, 0.6) is 0 Å². The van der Waals surface area contributed by atoms with Gasteiger partial charge in [0.15, 0.2) is 11.6 Å². The van der Waals surface area contributed by atoms with E-state index in [4.69, 9.17) is 16.3 Å². The zero-order valence-electron chi connectivity index (χ0n) is 16.2. The Hall–Kier alpha value is -1.73. The lowest BCUT2D eigenvalue weighted by Crippen LogP contribution is -2.42. The summed E-state index contributed by atoms with van der Waals surface area (Å²) in [7, 11) is 0. The Bertz CT molecular complexity index is 809. The van der Waals surface area contributed by atoms with Crippen LogP contribution < -0.4 is 4.90 Å². The van der Waals surface area contributed by atoms with E-state index in [0.717, 1.165) is 68.3 Å². The molecule has 1 aliphatic carbocycles. The van der Waals surface area contributed by atoms with Crippen LogP contribution in [0, 0.1) is 6.92 Å². The highest BCUT2D eigenvalue weighted by Crippen LogP contribution is 2.43. The Morgan fingerprint density at radius 3 is 2.89 bits per heavy atom. The molecule has 3 heterocycles. The number of fused-ring (bicyclic) bond motifs is 3. The highest BCUT2D eigenvalue weighted by atomic mass is 35.5. The van der Waals surface area contributed by atoms with Gasteiger partial charge in [0.05, 0.1) is 18.3 Å². The number of hydrogen-bond acceptors (Lipinski definition) is 6. The van der Waals surface area contributed by atoms with Gasteiger partial charge in [-0.15, -0.1) is 10.2 Å². The van der Waals surface area contributed by atoms with Crippen LogP contribution in [0.3, 0.4) is 0 Å². The number of rotatable bonds is 6. The predicted octanol–water partition coefficient (Wildman–Crippen LogP) is 4.03.